The SMILES string of the molecule is CCCCC1C(C)=C(C2(c3c(C)n(CCCC)c4ccccc34)OC(=O)c3ccccc32)c2ccccc21. The van der Waals surface area contributed by atoms with Crippen LogP contribution in [0.5, 0.6) is 0 Å². The van der Waals surface area contributed by atoms with Gasteiger partial charge in [-0.05, 0) is 49.9 Å². The summed E-state index contributed by atoms with van der Waals surface area (Å²) >= 11 is 0. The minimum absolute atomic E-state index is 0.236. The number of nitrogens with zero attached hydrogens (tertiary/aromatic N) is 1. The highest BCUT2D eigenvalue weighted by atomic mass is 16.6. The highest BCUT2D eigenvalue weighted by molar-refractivity contribution is 6.04. The Morgan fingerprint density at radius 3 is 2.32 bits per heavy atom. The van der Waals surface area contributed by atoms with E-state index in [9.17, 15) is 4.79 Å². The van der Waals surface area contributed by atoms with Crippen molar-refractivity contribution in [2.24, 2.45) is 0 Å². The zero-order chi connectivity index (χ0) is 26.4. The number of ether oxygens (including phenoxy) is 1. The monoisotopic (exact) mass is 503 g/mol. The number of carbonyl (C=O) groups excluding carboxylic acids is 1. The molecule has 3 aromatic carbocycles. The second kappa shape index (κ2) is 9.62. The predicted molar refractivity (Wildman–Crippen MR) is 156 cm³/mol. The number of benzene rings is 3. The molecule has 0 radical (unpaired) electrons. The molecular formula is C35H37NO2. The standard InChI is InChI=1S/C35H37NO2/c1-5-7-15-25-23(3)32(27-17-10-9-16-26(25)27)35(30-20-13-11-18-28(30)34(37)38-35)33-24(4)36(22-8-6-2)31-21-14-12-19-29(31)33/h9-14,16-21,25H,5-8,15,22H2,1-4H3. The van der Waals surface area contributed by atoms with E-state index in [4.69, 9.17) is 4.74 Å². The van der Waals surface area contributed by atoms with Gasteiger partial charge >= 0.3 is 5.97 Å². The first-order valence-corrected chi connectivity index (χ1v) is 14.3. The topological polar surface area (TPSA) is 31.2 Å². The molecule has 194 valence electrons. The van der Waals surface area contributed by atoms with Crippen molar-refractivity contribution >= 4 is 22.4 Å². The smallest absolute Gasteiger partial charge is 0.340 e. The van der Waals surface area contributed by atoms with Crippen LogP contribution in [0.1, 0.15) is 97.1 Å². The maximum atomic E-state index is 13.7. The maximum Gasteiger partial charge on any atom is 0.340 e. The lowest BCUT2D eigenvalue weighted by Gasteiger charge is -2.33. The third-order valence-electron chi connectivity index (χ3n) is 8.81. The van der Waals surface area contributed by atoms with Crippen LogP contribution in [0.2, 0.25) is 0 Å². The van der Waals surface area contributed by atoms with Crippen LogP contribution in [-0.2, 0) is 16.9 Å². The van der Waals surface area contributed by atoms with Gasteiger partial charge in [0, 0.05) is 45.8 Å². The number of hydrogen-bond acceptors (Lipinski definition) is 2. The average molecular weight is 504 g/mol. The molecule has 2 heterocycles. The molecule has 0 fully saturated rings. The van der Waals surface area contributed by atoms with Gasteiger partial charge in [0.05, 0.1) is 5.56 Å². The Morgan fingerprint density at radius 1 is 0.842 bits per heavy atom. The number of aryl methyl sites for hydroxylation is 1. The second-order valence-electron chi connectivity index (χ2n) is 10.9. The van der Waals surface area contributed by atoms with Crippen molar-refractivity contribution < 1.29 is 9.53 Å². The van der Waals surface area contributed by atoms with Crippen molar-refractivity contribution in [1.82, 2.24) is 4.57 Å². The van der Waals surface area contributed by atoms with Gasteiger partial charge in [-0.15, -0.1) is 0 Å². The molecule has 2 unspecified atom stereocenters. The number of rotatable bonds is 8. The predicted octanol–water partition coefficient (Wildman–Crippen LogP) is 8.92. The van der Waals surface area contributed by atoms with Crippen molar-refractivity contribution in [2.45, 2.75) is 77.9 Å². The lowest BCUT2D eigenvalue weighted by Crippen LogP contribution is -2.31. The summed E-state index contributed by atoms with van der Waals surface area (Å²) in [5, 5.41) is 1.17. The molecule has 4 aromatic rings. The summed E-state index contributed by atoms with van der Waals surface area (Å²) < 4.78 is 9.21. The van der Waals surface area contributed by atoms with Gasteiger partial charge in [0.25, 0.3) is 0 Å². The molecule has 0 saturated heterocycles. The Balaban J connectivity index is 1.73. The Morgan fingerprint density at radius 2 is 1.53 bits per heavy atom. The van der Waals surface area contributed by atoms with E-state index < -0.39 is 5.60 Å². The number of para-hydroxylation sites is 1. The van der Waals surface area contributed by atoms with Gasteiger partial charge in [-0.3, -0.25) is 0 Å². The first kappa shape index (κ1) is 24.7. The van der Waals surface area contributed by atoms with Gasteiger partial charge in [0.1, 0.15) is 0 Å². The van der Waals surface area contributed by atoms with Crippen LogP contribution >= 0.6 is 0 Å². The quantitative estimate of drug-likeness (QED) is 0.225. The molecule has 1 aromatic heterocycles. The van der Waals surface area contributed by atoms with Crippen LogP contribution in [0.3, 0.4) is 0 Å². The fourth-order valence-electron chi connectivity index (χ4n) is 7.09. The van der Waals surface area contributed by atoms with Crippen molar-refractivity contribution in [2.75, 3.05) is 0 Å². The third kappa shape index (κ3) is 3.44. The Hall–Kier alpha value is -3.59. The van der Waals surface area contributed by atoms with Crippen molar-refractivity contribution in [3.05, 3.63) is 112 Å². The Bertz CT molecular complexity index is 1570. The van der Waals surface area contributed by atoms with Crippen molar-refractivity contribution in [3.8, 4) is 0 Å². The summed E-state index contributed by atoms with van der Waals surface area (Å²) in [7, 11) is 0. The molecule has 6 rings (SSSR count). The number of allylic oxidation sites excluding steroid dienone is 1. The van der Waals surface area contributed by atoms with Crippen LogP contribution in [0.4, 0.5) is 0 Å². The minimum atomic E-state index is -0.990. The number of unbranched alkanes of at least 4 members (excludes halogenated alkanes) is 2. The summed E-state index contributed by atoms with van der Waals surface area (Å²) in [6, 6.07) is 25.5. The highest BCUT2D eigenvalue weighted by Gasteiger charge is 2.55. The maximum absolute atomic E-state index is 13.7. The summed E-state index contributed by atoms with van der Waals surface area (Å²) in [5.41, 5.74) is 9.22. The molecule has 0 bridgehead atoms. The van der Waals surface area contributed by atoms with E-state index in [0.717, 1.165) is 48.9 Å². The van der Waals surface area contributed by atoms with Gasteiger partial charge in [-0.25, -0.2) is 4.79 Å². The lowest BCUT2D eigenvalue weighted by atomic mass is 9.75. The van der Waals surface area contributed by atoms with Crippen molar-refractivity contribution in [3.63, 3.8) is 0 Å². The van der Waals surface area contributed by atoms with Gasteiger partial charge in [-0.2, -0.15) is 0 Å². The number of carbonyl (C=O) groups is 1. The normalized spacial score (nSPS) is 20.2. The number of cyclic esters (lactones) is 1. The third-order valence-corrected chi connectivity index (χ3v) is 8.81. The van der Waals surface area contributed by atoms with E-state index in [1.807, 2.05) is 18.2 Å². The van der Waals surface area contributed by atoms with Crippen LogP contribution in [-0.4, -0.2) is 10.5 Å². The first-order chi connectivity index (χ1) is 18.5. The van der Waals surface area contributed by atoms with Crippen LogP contribution in [0, 0.1) is 6.92 Å². The molecule has 3 nitrogen and oxygen atoms in total. The molecular weight excluding hydrogens is 466 g/mol. The Kier molecular flexibility index (Phi) is 6.26. The van der Waals surface area contributed by atoms with Crippen LogP contribution in [0.25, 0.3) is 16.5 Å². The summed E-state index contributed by atoms with van der Waals surface area (Å²) in [4.78, 5) is 13.7. The van der Waals surface area contributed by atoms with E-state index in [1.54, 1.807) is 0 Å². The average Bonchev–Trinajstić information content (AvgIpc) is 3.50. The van der Waals surface area contributed by atoms with Gasteiger partial charge < -0.3 is 9.30 Å². The summed E-state index contributed by atoms with van der Waals surface area (Å²) in [5.74, 6) is 0.0958. The molecule has 0 saturated carbocycles. The molecule has 0 spiro atoms. The molecule has 3 heteroatoms. The molecule has 0 N–H and O–H groups in total. The fraction of sp³-hybridized carbons (Fsp3) is 0.343. The number of aromatic nitrogens is 1. The van der Waals surface area contributed by atoms with Crippen LogP contribution in [0.15, 0.2) is 78.4 Å². The highest BCUT2D eigenvalue weighted by Crippen LogP contribution is 2.59. The zero-order valence-corrected chi connectivity index (χ0v) is 23.0. The number of esters is 1. The minimum Gasteiger partial charge on any atom is -0.440 e. The first-order valence-electron chi connectivity index (χ1n) is 14.3. The lowest BCUT2D eigenvalue weighted by molar-refractivity contribution is 0.0304. The molecule has 1 aliphatic carbocycles. The van der Waals surface area contributed by atoms with Gasteiger partial charge in [-0.1, -0.05) is 99.3 Å². The van der Waals surface area contributed by atoms with E-state index in [-0.39, 0.29) is 5.97 Å². The second-order valence-corrected chi connectivity index (χ2v) is 10.9. The molecule has 2 atom stereocenters. The van der Waals surface area contributed by atoms with Crippen molar-refractivity contribution in [1.29, 1.82) is 0 Å². The summed E-state index contributed by atoms with van der Waals surface area (Å²) in [6.45, 7) is 9.93. The fourth-order valence-corrected chi connectivity index (χ4v) is 7.09. The van der Waals surface area contributed by atoms with E-state index in [1.165, 1.54) is 39.7 Å². The van der Waals surface area contributed by atoms with Crippen LogP contribution < -0.4 is 0 Å². The largest absolute Gasteiger partial charge is 0.440 e. The van der Waals surface area contributed by atoms with E-state index in [2.05, 4.69) is 86.9 Å². The summed E-state index contributed by atoms with van der Waals surface area (Å²) in [6.07, 6.45) is 5.66. The Labute approximate surface area is 226 Å². The van der Waals surface area contributed by atoms with Gasteiger partial charge in [0.15, 0.2) is 5.60 Å². The van der Waals surface area contributed by atoms with E-state index in [0.29, 0.717) is 11.5 Å². The van der Waals surface area contributed by atoms with Gasteiger partial charge in [0.2, 0.25) is 0 Å². The molecule has 2 aliphatic rings. The van der Waals surface area contributed by atoms with E-state index >= 15 is 0 Å². The zero-order valence-electron chi connectivity index (χ0n) is 23.0. The molecule has 38 heavy (non-hydrogen) atoms. The molecule has 0 amide bonds. The number of fused-ring (bicyclic) bond motifs is 3. The number of hydrogen-bond donors (Lipinski definition) is 0. The molecule has 1 aliphatic heterocycles.